The topological polar surface area (TPSA) is 54.3 Å². The molecule has 0 aliphatic carbocycles. The molecule has 1 aliphatic heterocycles. The summed E-state index contributed by atoms with van der Waals surface area (Å²) in [7, 11) is 5.80. The minimum atomic E-state index is -0.263. The molecule has 0 saturated carbocycles. The Balaban J connectivity index is 1.98. The molecule has 1 aromatic heterocycles. The second kappa shape index (κ2) is 5.88. The lowest BCUT2D eigenvalue weighted by Crippen LogP contribution is -2.42. The van der Waals surface area contributed by atoms with Gasteiger partial charge >= 0.3 is 0 Å². The second-order valence-corrected chi connectivity index (χ2v) is 6.04. The highest BCUT2D eigenvalue weighted by molar-refractivity contribution is 5.81. The lowest BCUT2D eigenvalue weighted by Gasteiger charge is -2.31. The first kappa shape index (κ1) is 14.7. The van der Waals surface area contributed by atoms with Gasteiger partial charge in [0.05, 0.1) is 13.1 Å². The zero-order chi connectivity index (χ0) is 15.7. The van der Waals surface area contributed by atoms with E-state index < -0.39 is 0 Å². The third-order valence-electron chi connectivity index (χ3n) is 3.92. The molecule has 2 aromatic rings. The van der Waals surface area contributed by atoms with Crippen LogP contribution in [0, 0.1) is 0 Å². The summed E-state index contributed by atoms with van der Waals surface area (Å²) in [5.41, 5.74) is 1.15. The Kier molecular flexibility index (Phi) is 3.94. The lowest BCUT2D eigenvalue weighted by molar-refractivity contribution is -0.136. The standard InChI is InChI=1S/C16H21N5O/c1-19(2)10-14-17-18-15-11-20(3)16(22)13(21(14)15)9-12-7-5-4-6-8-12/h4-8,13H,9-11H2,1-3H3/t13-/m0/s1. The summed E-state index contributed by atoms with van der Waals surface area (Å²) in [5.74, 6) is 1.83. The summed E-state index contributed by atoms with van der Waals surface area (Å²) < 4.78 is 2.02. The minimum absolute atomic E-state index is 0.121. The van der Waals surface area contributed by atoms with Gasteiger partial charge in [0.15, 0.2) is 5.82 Å². The number of benzene rings is 1. The molecule has 6 heteroatoms. The highest BCUT2D eigenvalue weighted by Gasteiger charge is 2.34. The van der Waals surface area contributed by atoms with E-state index in [1.54, 1.807) is 4.90 Å². The van der Waals surface area contributed by atoms with E-state index in [1.807, 2.05) is 48.8 Å². The molecule has 0 radical (unpaired) electrons. The molecule has 116 valence electrons. The summed E-state index contributed by atoms with van der Waals surface area (Å²) in [6, 6.07) is 9.83. The fourth-order valence-corrected chi connectivity index (χ4v) is 2.89. The van der Waals surface area contributed by atoms with E-state index in [0.29, 0.717) is 19.5 Å². The number of hydrogen-bond acceptors (Lipinski definition) is 4. The van der Waals surface area contributed by atoms with Crippen molar-refractivity contribution in [2.75, 3.05) is 21.1 Å². The number of carbonyl (C=O) groups excluding carboxylic acids is 1. The van der Waals surface area contributed by atoms with Crippen LogP contribution >= 0.6 is 0 Å². The minimum Gasteiger partial charge on any atom is -0.336 e. The number of hydrogen-bond donors (Lipinski definition) is 0. The van der Waals surface area contributed by atoms with Gasteiger partial charge in [-0.15, -0.1) is 10.2 Å². The Morgan fingerprint density at radius 1 is 1.23 bits per heavy atom. The van der Waals surface area contributed by atoms with Crippen LogP contribution < -0.4 is 0 Å². The van der Waals surface area contributed by atoms with Crippen molar-refractivity contribution in [1.82, 2.24) is 24.6 Å². The van der Waals surface area contributed by atoms with Gasteiger partial charge in [0.2, 0.25) is 5.91 Å². The first-order valence-electron chi connectivity index (χ1n) is 7.42. The van der Waals surface area contributed by atoms with Crippen LogP contribution in [0.3, 0.4) is 0 Å². The zero-order valence-electron chi connectivity index (χ0n) is 13.2. The van der Waals surface area contributed by atoms with Crippen LogP contribution in [0.5, 0.6) is 0 Å². The quantitative estimate of drug-likeness (QED) is 0.848. The molecule has 22 heavy (non-hydrogen) atoms. The number of likely N-dealkylation sites (N-methyl/N-ethyl adjacent to an activating group) is 1. The molecule has 0 spiro atoms. The van der Waals surface area contributed by atoms with Gasteiger partial charge in [0, 0.05) is 13.5 Å². The normalized spacial score (nSPS) is 17.9. The molecular weight excluding hydrogens is 278 g/mol. The fourth-order valence-electron chi connectivity index (χ4n) is 2.89. The van der Waals surface area contributed by atoms with Crippen molar-refractivity contribution in [1.29, 1.82) is 0 Å². The van der Waals surface area contributed by atoms with Crippen LogP contribution in [0.2, 0.25) is 0 Å². The van der Waals surface area contributed by atoms with Crippen LogP contribution in [-0.4, -0.2) is 51.6 Å². The van der Waals surface area contributed by atoms with E-state index in [-0.39, 0.29) is 11.9 Å². The molecule has 2 heterocycles. The van der Waals surface area contributed by atoms with Crippen molar-refractivity contribution in [3.63, 3.8) is 0 Å². The maximum absolute atomic E-state index is 12.7. The number of aromatic nitrogens is 3. The molecule has 1 aromatic carbocycles. The van der Waals surface area contributed by atoms with Crippen molar-refractivity contribution < 1.29 is 4.79 Å². The van der Waals surface area contributed by atoms with Crippen LogP contribution in [-0.2, 0) is 24.3 Å². The molecule has 0 unspecified atom stereocenters. The molecule has 0 N–H and O–H groups in total. The van der Waals surface area contributed by atoms with Crippen molar-refractivity contribution in [3.05, 3.63) is 47.5 Å². The third-order valence-corrected chi connectivity index (χ3v) is 3.92. The van der Waals surface area contributed by atoms with Crippen LogP contribution in [0.1, 0.15) is 23.3 Å². The van der Waals surface area contributed by atoms with Gasteiger partial charge in [0.1, 0.15) is 11.9 Å². The number of amides is 1. The average Bonchev–Trinajstić information content (AvgIpc) is 2.86. The first-order valence-corrected chi connectivity index (χ1v) is 7.42. The lowest BCUT2D eigenvalue weighted by atomic mass is 10.0. The zero-order valence-corrected chi connectivity index (χ0v) is 13.2. The second-order valence-electron chi connectivity index (χ2n) is 6.04. The van der Waals surface area contributed by atoms with Gasteiger partial charge in [-0.3, -0.25) is 9.36 Å². The fraction of sp³-hybridized carbons (Fsp3) is 0.438. The Bertz CT molecular complexity index is 664. The Hall–Kier alpha value is -2.21. The average molecular weight is 299 g/mol. The molecule has 6 nitrogen and oxygen atoms in total. The maximum atomic E-state index is 12.7. The number of nitrogens with zero attached hydrogens (tertiary/aromatic N) is 5. The van der Waals surface area contributed by atoms with Gasteiger partial charge < -0.3 is 9.80 Å². The van der Waals surface area contributed by atoms with E-state index in [2.05, 4.69) is 22.3 Å². The number of fused-ring (bicyclic) bond motifs is 1. The summed E-state index contributed by atoms with van der Waals surface area (Å²) >= 11 is 0. The van der Waals surface area contributed by atoms with E-state index in [9.17, 15) is 4.79 Å². The molecule has 3 rings (SSSR count). The third kappa shape index (κ3) is 2.74. The predicted molar refractivity (Wildman–Crippen MR) is 83.1 cm³/mol. The van der Waals surface area contributed by atoms with Crippen LogP contribution in [0.25, 0.3) is 0 Å². The van der Waals surface area contributed by atoms with Crippen molar-refractivity contribution >= 4 is 5.91 Å². The summed E-state index contributed by atoms with van der Waals surface area (Å²) in [6.45, 7) is 1.19. The smallest absolute Gasteiger partial charge is 0.246 e. The molecule has 0 fully saturated rings. The maximum Gasteiger partial charge on any atom is 0.246 e. The molecule has 1 amide bonds. The summed E-state index contributed by atoms with van der Waals surface area (Å²) in [5, 5.41) is 8.57. The van der Waals surface area contributed by atoms with E-state index in [1.165, 1.54) is 0 Å². The first-order chi connectivity index (χ1) is 10.6. The Labute approximate surface area is 130 Å². The predicted octanol–water partition coefficient (Wildman–Crippen LogP) is 1.10. The van der Waals surface area contributed by atoms with Gasteiger partial charge in [-0.25, -0.2) is 0 Å². The van der Waals surface area contributed by atoms with Crippen molar-refractivity contribution in [3.8, 4) is 0 Å². The number of carbonyl (C=O) groups is 1. The molecular formula is C16H21N5O. The highest BCUT2D eigenvalue weighted by atomic mass is 16.2. The largest absolute Gasteiger partial charge is 0.336 e. The SMILES string of the molecule is CN(C)Cc1nnc2n1[C@@H](Cc1ccccc1)C(=O)N(C)C2. The molecule has 0 saturated heterocycles. The Morgan fingerprint density at radius 3 is 2.64 bits per heavy atom. The summed E-state index contributed by atoms with van der Waals surface area (Å²) in [6.07, 6.45) is 0.662. The molecule has 1 aliphatic rings. The van der Waals surface area contributed by atoms with Gasteiger partial charge in [-0.1, -0.05) is 30.3 Å². The van der Waals surface area contributed by atoms with Gasteiger partial charge in [-0.2, -0.15) is 0 Å². The van der Waals surface area contributed by atoms with E-state index in [4.69, 9.17) is 0 Å². The summed E-state index contributed by atoms with van der Waals surface area (Å²) in [4.78, 5) is 16.4. The Morgan fingerprint density at radius 2 is 1.95 bits per heavy atom. The highest BCUT2D eigenvalue weighted by Crippen LogP contribution is 2.26. The van der Waals surface area contributed by atoms with Crippen molar-refractivity contribution in [2.45, 2.75) is 25.6 Å². The van der Waals surface area contributed by atoms with E-state index >= 15 is 0 Å². The molecule has 0 bridgehead atoms. The van der Waals surface area contributed by atoms with Gasteiger partial charge in [-0.05, 0) is 19.7 Å². The van der Waals surface area contributed by atoms with Crippen LogP contribution in [0.15, 0.2) is 30.3 Å². The van der Waals surface area contributed by atoms with Crippen molar-refractivity contribution in [2.24, 2.45) is 0 Å². The monoisotopic (exact) mass is 299 g/mol. The van der Waals surface area contributed by atoms with Crippen LogP contribution in [0.4, 0.5) is 0 Å². The number of rotatable bonds is 4. The van der Waals surface area contributed by atoms with Gasteiger partial charge in [0.25, 0.3) is 0 Å². The molecule has 1 atom stereocenters. The van der Waals surface area contributed by atoms with E-state index in [0.717, 1.165) is 17.2 Å².